The Kier molecular flexibility index (Phi) is 8.16. The van der Waals surface area contributed by atoms with E-state index in [0.717, 1.165) is 16.3 Å². The Hall–Kier alpha value is -3.27. The number of hydrogen-bond donors (Lipinski definition) is 3. The summed E-state index contributed by atoms with van der Waals surface area (Å²) in [6.45, 7) is 0.00420. The van der Waals surface area contributed by atoms with Crippen LogP contribution in [0.5, 0.6) is 0 Å². The van der Waals surface area contributed by atoms with Gasteiger partial charge >= 0.3 is 0 Å². The van der Waals surface area contributed by atoms with Crippen molar-refractivity contribution in [3.8, 4) is 0 Å². The number of carbonyl (C=O) groups is 2. The first-order valence-corrected chi connectivity index (χ1v) is 12.0. The van der Waals surface area contributed by atoms with Gasteiger partial charge in [-0.25, -0.2) is 8.42 Å². The van der Waals surface area contributed by atoms with Gasteiger partial charge in [0.2, 0.25) is 21.8 Å². The lowest BCUT2D eigenvalue weighted by Gasteiger charge is -2.24. The zero-order chi connectivity index (χ0) is 23.8. The molecule has 0 aliphatic carbocycles. The van der Waals surface area contributed by atoms with Gasteiger partial charge < -0.3 is 15.3 Å². The van der Waals surface area contributed by atoms with Gasteiger partial charge in [0.15, 0.2) is 0 Å². The van der Waals surface area contributed by atoms with Gasteiger partial charge in [-0.2, -0.15) is 4.72 Å². The number of aliphatic hydroxyl groups excluding tert-OH is 1. The quantitative estimate of drug-likeness (QED) is 0.418. The highest BCUT2D eigenvalue weighted by Gasteiger charge is 2.30. The number of sulfonamides is 1. The van der Waals surface area contributed by atoms with Crippen molar-refractivity contribution < 1.29 is 23.1 Å². The Morgan fingerprint density at radius 3 is 2.33 bits per heavy atom. The van der Waals surface area contributed by atoms with Crippen LogP contribution < -0.4 is 10.0 Å². The standard InChI is InChI=1S/C24H27N3O5S/c1-27(17-18-7-3-2-4-8-18)24(30)22(16-23(29)25-13-14-28)26-33(31,32)21-12-11-19-9-5-6-10-20(19)15-21/h2-12,15,22,26,28H,13-14,16-17H2,1H3,(H,25,29). The summed E-state index contributed by atoms with van der Waals surface area (Å²) in [5, 5.41) is 13.0. The zero-order valence-electron chi connectivity index (χ0n) is 18.3. The van der Waals surface area contributed by atoms with E-state index < -0.39 is 34.3 Å². The Morgan fingerprint density at radius 1 is 0.970 bits per heavy atom. The minimum atomic E-state index is -4.10. The lowest BCUT2D eigenvalue weighted by atomic mass is 10.1. The average Bonchev–Trinajstić information content (AvgIpc) is 2.82. The summed E-state index contributed by atoms with van der Waals surface area (Å²) < 4.78 is 28.6. The van der Waals surface area contributed by atoms with Crippen molar-refractivity contribution in [2.45, 2.75) is 23.9 Å². The summed E-state index contributed by atoms with van der Waals surface area (Å²) in [6, 6.07) is 20.0. The topological polar surface area (TPSA) is 116 Å². The van der Waals surface area contributed by atoms with Crippen LogP contribution in [0, 0.1) is 0 Å². The van der Waals surface area contributed by atoms with Gasteiger partial charge in [0, 0.05) is 20.1 Å². The number of rotatable bonds is 10. The molecule has 8 nitrogen and oxygen atoms in total. The largest absolute Gasteiger partial charge is 0.395 e. The second-order valence-electron chi connectivity index (χ2n) is 7.64. The van der Waals surface area contributed by atoms with Gasteiger partial charge in [0.25, 0.3) is 0 Å². The molecular formula is C24H27N3O5S. The van der Waals surface area contributed by atoms with Crippen molar-refractivity contribution >= 4 is 32.6 Å². The van der Waals surface area contributed by atoms with Crippen molar-refractivity contribution in [3.05, 3.63) is 78.4 Å². The van der Waals surface area contributed by atoms with Crippen LogP contribution >= 0.6 is 0 Å². The summed E-state index contributed by atoms with van der Waals surface area (Å²) in [5.74, 6) is -1.08. The zero-order valence-corrected chi connectivity index (χ0v) is 19.1. The van der Waals surface area contributed by atoms with Gasteiger partial charge in [-0.15, -0.1) is 0 Å². The second-order valence-corrected chi connectivity index (χ2v) is 9.35. The number of aliphatic hydroxyl groups is 1. The molecule has 9 heteroatoms. The van der Waals surface area contributed by atoms with E-state index in [1.807, 2.05) is 48.5 Å². The fraction of sp³-hybridized carbons (Fsp3) is 0.250. The molecule has 3 aromatic rings. The molecule has 0 aliphatic heterocycles. The van der Waals surface area contributed by atoms with Gasteiger partial charge in [0.05, 0.1) is 17.9 Å². The number of nitrogens with one attached hydrogen (secondary N) is 2. The number of nitrogens with zero attached hydrogens (tertiary/aromatic N) is 1. The highest BCUT2D eigenvalue weighted by atomic mass is 32.2. The molecule has 33 heavy (non-hydrogen) atoms. The van der Waals surface area contributed by atoms with Gasteiger partial charge in [-0.1, -0.05) is 60.7 Å². The third-order valence-corrected chi connectivity index (χ3v) is 6.56. The average molecular weight is 470 g/mol. The van der Waals surface area contributed by atoms with Crippen LogP contribution in [0.3, 0.4) is 0 Å². The third-order valence-electron chi connectivity index (χ3n) is 5.09. The fourth-order valence-electron chi connectivity index (χ4n) is 3.42. The lowest BCUT2D eigenvalue weighted by Crippen LogP contribution is -2.49. The van der Waals surface area contributed by atoms with Crippen molar-refractivity contribution in [1.82, 2.24) is 14.9 Å². The minimum Gasteiger partial charge on any atom is -0.395 e. The highest BCUT2D eigenvalue weighted by molar-refractivity contribution is 7.89. The number of fused-ring (bicyclic) bond motifs is 1. The van der Waals surface area contributed by atoms with Crippen LogP contribution in [0.25, 0.3) is 10.8 Å². The van der Waals surface area contributed by atoms with E-state index in [2.05, 4.69) is 10.0 Å². The molecular weight excluding hydrogens is 442 g/mol. The van der Waals surface area contributed by atoms with E-state index >= 15 is 0 Å². The van der Waals surface area contributed by atoms with Crippen LogP contribution in [0.1, 0.15) is 12.0 Å². The van der Waals surface area contributed by atoms with Crippen molar-refractivity contribution in [1.29, 1.82) is 0 Å². The summed E-state index contributed by atoms with van der Waals surface area (Å²) in [6.07, 6.45) is -0.398. The second kappa shape index (κ2) is 11.0. The normalized spacial score (nSPS) is 12.3. The van der Waals surface area contributed by atoms with Gasteiger partial charge in [-0.05, 0) is 28.5 Å². The van der Waals surface area contributed by atoms with E-state index in [-0.39, 0.29) is 24.6 Å². The van der Waals surface area contributed by atoms with E-state index in [1.54, 1.807) is 19.2 Å². The summed E-state index contributed by atoms with van der Waals surface area (Å²) >= 11 is 0. The molecule has 0 aromatic heterocycles. The Labute approximate surface area is 193 Å². The van der Waals surface area contributed by atoms with Gasteiger partial charge in [0.1, 0.15) is 6.04 Å². The molecule has 3 rings (SSSR count). The highest BCUT2D eigenvalue weighted by Crippen LogP contribution is 2.19. The van der Waals surface area contributed by atoms with Gasteiger partial charge in [-0.3, -0.25) is 9.59 Å². The number of hydrogen-bond acceptors (Lipinski definition) is 5. The van der Waals surface area contributed by atoms with Crippen LogP contribution in [-0.4, -0.2) is 56.5 Å². The van der Waals surface area contributed by atoms with Crippen molar-refractivity contribution in [3.63, 3.8) is 0 Å². The molecule has 0 heterocycles. The SMILES string of the molecule is CN(Cc1ccccc1)C(=O)C(CC(=O)NCCO)NS(=O)(=O)c1ccc2ccccc2c1. The lowest BCUT2D eigenvalue weighted by molar-refractivity contribution is -0.135. The van der Waals surface area contributed by atoms with E-state index in [1.165, 1.54) is 17.0 Å². The number of likely N-dealkylation sites (N-methyl/N-ethyl adjacent to an activating group) is 1. The van der Waals surface area contributed by atoms with Crippen LogP contribution in [0.4, 0.5) is 0 Å². The predicted octanol–water partition coefficient (Wildman–Crippen LogP) is 1.64. The molecule has 0 spiro atoms. The monoisotopic (exact) mass is 469 g/mol. The van der Waals surface area contributed by atoms with Crippen LogP contribution in [-0.2, 0) is 26.2 Å². The number of amides is 2. The smallest absolute Gasteiger partial charge is 0.241 e. The maximum Gasteiger partial charge on any atom is 0.241 e. The van der Waals surface area contributed by atoms with Crippen LogP contribution in [0.2, 0.25) is 0 Å². The predicted molar refractivity (Wildman–Crippen MR) is 126 cm³/mol. The first kappa shape index (κ1) is 24.4. The molecule has 2 amide bonds. The summed E-state index contributed by atoms with van der Waals surface area (Å²) in [4.78, 5) is 26.8. The minimum absolute atomic E-state index is 0.000443. The van der Waals surface area contributed by atoms with E-state index in [9.17, 15) is 18.0 Å². The molecule has 1 atom stereocenters. The first-order chi connectivity index (χ1) is 15.8. The molecule has 3 N–H and O–H groups in total. The number of benzene rings is 3. The Bertz CT molecular complexity index is 1220. The van der Waals surface area contributed by atoms with E-state index in [0.29, 0.717) is 0 Å². The molecule has 0 saturated heterocycles. The van der Waals surface area contributed by atoms with Crippen LogP contribution in [0.15, 0.2) is 77.7 Å². The molecule has 0 aliphatic rings. The maximum absolute atomic E-state index is 13.1. The fourth-order valence-corrected chi connectivity index (χ4v) is 4.65. The molecule has 0 radical (unpaired) electrons. The third kappa shape index (κ3) is 6.61. The van der Waals surface area contributed by atoms with Crippen molar-refractivity contribution in [2.24, 2.45) is 0 Å². The Morgan fingerprint density at radius 2 is 1.64 bits per heavy atom. The molecule has 0 saturated carbocycles. The molecule has 0 bridgehead atoms. The number of carbonyl (C=O) groups excluding carboxylic acids is 2. The molecule has 1 unspecified atom stereocenters. The Balaban J connectivity index is 1.83. The summed E-state index contributed by atoms with van der Waals surface area (Å²) in [5.41, 5.74) is 0.870. The maximum atomic E-state index is 13.1. The molecule has 174 valence electrons. The van der Waals surface area contributed by atoms with E-state index in [4.69, 9.17) is 5.11 Å². The summed E-state index contributed by atoms with van der Waals surface area (Å²) in [7, 11) is -2.54. The molecule has 3 aromatic carbocycles. The molecule has 0 fully saturated rings. The first-order valence-electron chi connectivity index (χ1n) is 10.5. The van der Waals surface area contributed by atoms with Crippen molar-refractivity contribution in [2.75, 3.05) is 20.2 Å².